The number of imidazole rings is 1. The van der Waals surface area contributed by atoms with Crippen LogP contribution in [0, 0.1) is 0 Å². The Morgan fingerprint density at radius 3 is 2.25 bits per heavy atom. The Bertz CT molecular complexity index is 1570. The second-order valence-corrected chi connectivity index (χ2v) is 9.97. The second-order valence-electron chi connectivity index (χ2n) is 9.97. The minimum atomic E-state index is -0.143. The van der Waals surface area contributed by atoms with E-state index < -0.39 is 0 Å². The van der Waals surface area contributed by atoms with E-state index in [0.29, 0.717) is 43.0 Å². The van der Waals surface area contributed by atoms with Crippen LogP contribution in [-0.2, 0) is 11.3 Å². The van der Waals surface area contributed by atoms with E-state index in [9.17, 15) is 4.79 Å². The normalized spacial score (nSPS) is 15.8. The molecule has 1 aliphatic rings. The molecule has 204 valence electrons. The van der Waals surface area contributed by atoms with Gasteiger partial charge in [-0.05, 0) is 11.1 Å². The third kappa shape index (κ3) is 5.03. The lowest BCUT2D eigenvalue weighted by Crippen LogP contribution is -2.51. The first-order valence-corrected chi connectivity index (χ1v) is 13.6. The zero-order valence-corrected chi connectivity index (χ0v) is 22.4. The molecule has 0 bridgehead atoms. The minimum absolute atomic E-state index is 0.0151. The van der Waals surface area contributed by atoms with Crippen molar-refractivity contribution >= 4 is 22.9 Å². The molecule has 0 radical (unpaired) electrons. The highest BCUT2D eigenvalue weighted by Gasteiger charge is 2.35. The molecule has 1 amide bonds. The van der Waals surface area contributed by atoms with Crippen LogP contribution in [0.4, 0.5) is 5.82 Å². The van der Waals surface area contributed by atoms with Crippen molar-refractivity contribution in [3.05, 3.63) is 96.3 Å². The molecular formula is C29H32N10O. The standard InChI is InChI=1S/C29H32N10O/c1-2-24(40)36-13-15-37(16-14-36)26(21-9-5-3-6-10-21)27(22-11-7-4-8-12-22)39-18-23(34-35-39)17-38-20-33-25-28(30)31-19-32-29(25)38/h3-12,18-20,26-27H,2,13-17H2,1H3,(H2,30,31,32). The van der Waals surface area contributed by atoms with Gasteiger partial charge in [-0.25, -0.2) is 19.6 Å². The SMILES string of the molecule is CCC(=O)N1CCN(C(c2ccccc2)C(c2ccccc2)n2cc(Cn3cnc4c(N)ncnc43)nn2)CC1. The number of piperazine rings is 1. The van der Waals surface area contributed by atoms with Crippen molar-refractivity contribution in [2.24, 2.45) is 0 Å². The molecule has 2 aromatic carbocycles. The van der Waals surface area contributed by atoms with Crippen LogP contribution in [0.1, 0.15) is 42.2 Å². The fourth-order valence-electron chi connectivity index (χ4n) is 5.56. The highest BCUT2D eigenvalue weighted by molar-refractivity contribution is 5.81. The van der Waals surface area contributed by atoms with Crippen LogP contribution in [0.15, 0.2) is 79.5 Å². The van der Waals surface area contributed by atoms with Crippen LogP contribution < -0.4 is 5.73 Å². The van der Waals surface area contributed by atoms with Crippen molar-refractivity contribution in [2.45, 2.75) is 32.0 Å². The lowest BCUT2D eigenvalue weighted by atomic mass is 9.91. The lowest BCUT2D eigenvalue weighted by molar-refractivity contribution is -0.133. The molecule has 0 saturated carbocycles. The van der Waals surface area contributed by atoms with Gasteiger partial charge >= 0.3 is 0 Å². The quantitative estimate of drug-likeness (QED) is 0.321. The van der Waals surface area contributed by atoms with Crippen molar-refractivity contribution in [3.63, 3.8) is 0 Å². The average Bonchev–Trinajstić information content (AvgIpc) is 3.64. The van der Waals surface area contributed by atoms with Gasteiger partial charge in [0.2, 0.25) is 5.91 Å². The fraction of sp³-hybridized carbons (Fsp3) is 0.310. The number of nitrogens with two attached hydrogens (primary N) is 1. The first-order chi connectivity index (χ1) is 19.6. The van der Waals surface area contributed by atoms with Gasteiger partial charge in [0.05, 0.1) is 31.2 Å². The van der Waals surface area contributed by atoms with Gasteiger partial charge in [-0.15, -0.1) is 5.10 Å². The molecule has 1 aliphatic heterocycles. The summed E-state index contributed by atoms with van der Waals surface area (Å²) < 4.78 is 3.87. The van der Waals surface area contributed by atoms with Gasteiger partial charge in [-0.1, -0.05) is 72.8 Å². The first-order valence-electron chi connectivity index (χ1n) is 13.6. The number of carbonyl (C=O) groups is 1. The summed E-state index contributed by atoms with van der Waals surface area (Å²) >= 11 is 0. The topological polar surface area (TPSA) is 124 Å². The first kappa shape index (κ1) is 25.6. The molecule has 0 aliphatic carbocycles. The minimum Gasteiger partial charge on any atom is -0.382 e. The van der Waals surface area contributed by atoms with E-state index in [-0.39, 0.29) is 18.0 Å². The smallest absolute Gasteiger partial charge is 0.222 e. The van der Waals surface area contributed by atoms with E-state index in [0.717, 1.165) is 24.3 Å². The average molecular weight is 537 g/mol. The van der Waals surface area contributed by atoms with Gasteiger partial charge in [0.15, 0.2) is 11.5 Å². The summed E-state index contributed by atoms with van der Waals surface area (Å²) in [5.41, 5.74) is 10.3. The predicted molar refractivity (Wildman–Crippen MR) is 151 cm³/mol. The maximum Gasteiger partial charge on any atom is 0.222 e. The fourth-order valence-corrected chi connectivity index (χ4v) is 5.56. The van der Waals surface area contributed by atoms with Crippen molar-refractivity contribution in [3.8, 4) is 0 Å². The van der Waals surface area contributed by atoms with Crippen molar-refractivity contribution < 1.29 is 4.79 Å². The largest absolute Gasteiger partial charge is 0.382 e. The number of rotatable bonds is 8. The van der Waals surface area contributed by atoms with Crippen molar-refractivity contribution in [2.75, 3.05) is 31.9 Å². The summed E-state index contributed by atoms with van der Waals surface area (Å²) in [5.74, 6) is 0.554. The van der Waals surface area contributed by atoms with Crippen LogP contribution in [-0.4, -0.2) is 76.4 Å². The zero-order chi connectivity index (χ0) is 27.5. The van der Waals surface area contributed by atoms with E-state index in [1.807, 2.05) is 39.4 Å². The van der Waals surface area contributed by atoms with Crippen LogP contribution >= 0.6 is 0 Å². The van der Waals surface area contributed by atoms with Crippen LogP contribution in [0.3, 0.4) is 0 Å². The highest BCUT2D eigenvalue weighted by atomic mass is 16.2. The zero-order valence-electron chi connectivity index (χ0n) is 22.4. The highest BCUT2D eigenvalue weighted by Crippen LogP contribution is 2.37. The summed E-state index contributed by atoms with van der Waals surface area (Å²) in [6.45, 7) is 5.33. The van der Waals surface area contributed by atoms with Gasteiger partial charge < -0.3 is 15.2 Å². The summed E-state index contributed by atoms with van der Waals surface area (Å²) in [5, 5.41) is 9.21. The van der Waals surface area contributed by atoms with Gasteiger partial charge in [-0.2, -0.15) is 0 Å². The van der Waals surface area contributed by atoms with E-state index >= 15 is 0 Å². The van der Waals surface area contributed by atoms with E-state index in [2.05, 4.69) is 78.7 Å². The van der Waals surface area contributed by atoms with Crippen LogP contribution in [0.25, 0.3) is 11.2 Å². The molecule has 4 heterocycles. The number of carbonyl (C=O) groups excluding carboxylic acids is 1. The molecule has 11 nitrogen and oxygen atoms in total. The van der Waals surface area contributed by atoms with E-state index in [1.165, 1.54) is 11.9 Å². The Hall–Kier alpha value is -4.64. The Morgan fingerprint density at radius 2 is 1.57 bits per heavy atom. The maximum atomic E-state index is 12.4. The number of hydrogen-bond acceptors (Lipinski definition) is 8. The molecule has 3 aromatic heterocycles. The van der Waals surface area contributed by atoms with Gasteiger partial charge in [0.25, 0.3) is 0 Å². The third-order valence-electron chi connectivity index (χ3n) is 7.55. The molecule has 0 spiro atoms. The summed E-state index contributed by atoms with van der Waals surface area (Å²) in [6, 6.07) is 20.8. The number of benzene rings is 2. The maximum absolute atomic E-state index is 12.4. The Labute approximate surface area is 232 Å². The van der Waals surface area contributed by atoms with Gasteiger partial charge in [0, 0.05) is 32.6 Å². The number of fused-ring (bicyclic) bond motifs is 1. The Kier molecular flexibility index (Phi) is 7.19. The van der Waals surface area contributed by atoms with E-state index in [4.69, 9.17) is 5.73 Å². The van der Waals surface area contributed by atoms with Gasteiger partial charge in [-0.3, -0.25) is 9.69 Å². The van der Waals surface area contributed by atoms with Crippen molar-refractivity contribution in [1.29, 1.82) is 0 Å². The van der Waals surface area contributed by atoms with Crippen molar-refractivity contribution in [1.82, 2.24) is 44.3 Å². The summed E-state index contributed by atoms with van der Waals surface area (Å²) in [4.78, 5) is 29.6. The number of amides is 1. The van der Waals surface area contributed by atoms with E-state index in [1.54, 1.807) is 6.33 Å². The number of nitrogen functional groups attached to an aromatic ring is 1. The molecule has 1 fully saturated rings. The predicted octanol–water partition coefficient (Wildman–Crippen LogP) is 2.93. The molecular weight excluding hydrogens is 504 g/mol. The Morgan fingerprint density at radius 1 is 0.900 bits per heavy atom. The molecule has 6 rings (SSSR count). The molecule has 2 atom stereocenters. The number of nitrogens with zero attached hydrogens (tertiary/aromatic N) is 9. The second kappa shape index (κ2) is 11.2. The summed E-state index contributed by atoms with van der Waals surface area (Å²) in [7, 11) is 0. The number of hydrogen-bond donors (Lipinski definition) is 1. The molecule has 1 saturated heterocycles. The van der Waals surface area contributed by atoms with Crippen LogP contribution in [0.5, 0.6) is 0 Å². The van der Waals surface area contributed by atoms with Gasteiger partial charge in [0.1, 0.15) is 17.5 Å². The molecule has 11 heteroatoms. The molecule has 2 N–H and O–H groups in total. The van der Waals surface area contributed by atoms with Crippen LogP contribution in [0.2, 0.25) is 0 Å². The Balaban J connectivity index is 1.36. The molecule has 2 unspecified atom stereocenters. The summed E-state index contributed by atoms with van der Waals surface area (Å²) in [6.07, 6.45) is 5.67. The number of anilines is 1. The third-order valence-corrected chi connectivity index (χ3v) is 7.55. The number of aromatic nitrogens is 7. The lowest BCUT2D eigenvalue weighted by Gasteiger charge is -2.42. The molecule has 40 heavy (non-hydrogen) atoms. The molecule has 5 aromatic rings. The monoisotopic (exact) mass is 536 g/mol.